The molecule has 0 radical (unpaired) electrons. The molecule has 1 saturated heterocycles. The van der Waals surface area contributed by atoms with Crippen LogP contribution in [0.3, 0.4) is 0 Å². The largest absolute Gasteiger partial charge is 0.355 e. The topological polar surface area (TPSA) is 78.5 Å². The van der Waals surface area contributed by atoms with E-state index in [1.165, 1.54) is 0 Å². The smallest absolute Gasteiger partial charge is 0.325 e. The number of likely N-dealkylation sites (N-methyl/N-ethyl adjacent to an activating group) is 1. The molecule has 1 fully saturated rings. The van der Waals surface area contributed by atoms with Gasteiger partial charge in [0.25, 0.3) is 5.91 Å². The first-order valence-corrected chi connectivity index (χ1v) is 6.54. The summed E-state index contributed by atoms with van der Waals surface area (Å²) in [6, 6.07) is 8.32. The molecule has 1 aliphatic rings. The number of hydrogen-bond acceptors (Lipinski definition) is 3. The zero-order valence-electron chi connectivity index (χ0n) is 11.3. The molecule has 6 heteroatoms. The number of urea groups is 1. The second kappa shape index (κ2) is 6.18. The van der Waals surface area contributed by atoms with Crippen LogP contribution >= 0.6 is 0 Å². The number of carbonyl (C=O) groups excluding carboxylic acids is 3. The fourth-order valence-electron chi connectivity index (χ4n) is 2.11. The van der Waals surface area contributed by atoms with Crippen molar-refractivity contribution in [1.82, 2.24) is 15.5 Å². The maximum absolute atomic E-state index is 12.1. The fourth-order valence-corrected chi connectivity index (χ4v) is 2.11. The van der Waals surface area contributed by atoms with Gasteiger partial charge in [0.15, 0.2) is 0 Å². The third-order valence-corrected chi connectivity index (χ3v) is 3.07. The third-order valence-electron chi connectivity index (χ3n) is 3.07. The Morgan fingerprint density at radius 1 is 1.30 bits per heavy atom. The van der Waals surface area contributed by atoms with Crippen LogP contribution < -0.4 is 10.6 Å². The first kappa shape index (κ1) is 14.0. The summed E-state index contributed by atoms with van der Waals surface area (Å²) in [7, 11) is 0. The van der Waals surface area contributed by atoms with E-state index in [1.54, 1.807) is 6.92 Å². The molecule has 1 aromatic carbocycles. The summed E-state index contributed by atoms with van der Waals surface area (Å²) >= 11 is 0. The Morgan fingerprint density at radius 3 is 2.65 bits per heavy atom. The van der Waals surface area contributed by atoms with Crippen molar-refractivity contribution in [3.63, 3.8) is 0 Å². The fraction of sp³-hybridized carbons (Fsp3) is 0.357. The number of nitrogens with one attached hydrogen (secondary N) is 2. The van der Waals surface area contributed by atoms with Gasteiger partial charge in [-0.2, -0.15) is 0 Å². The van der Waals surface area contributed by atoms with Crippen LogP contribution in [0.5, 0.6) is 0 Å². The average Bonchev–Trinajstić information content (AvgIpc) is 2.68. The minimum atomic E-state index is -0.598. The highest BCUT2D eigenvalue weighted by Crippen LogP contribution is 2.11. The number of carbonyl (C=O) groups is 3. The van der Waals surface area contributed by atoms with Crippen LogP contribution in [0.2, 0.25) is 0 Å². The third kappa shape index (κ3) is 3.14. The molecule has 0 spiro atoms. The van der Waals surface area contributed by atoms with Gasteiger partial charge < -0.3 is 10.6 Å². The summed E-state index contributed by atoms with van der Waals surface area (Å²) in [4.78, 5) is 36.3. The van der Waals surface area contributed by atoms with Crippen LogP contribution in [0.15, 0.2) is 30.3 Å². The minimum absolute atomic E-state index is 0.232. The van der Waals surface area contributed by atoms with Gasteiger partial charge in [0, 0.05) is 13.0 Å². The quantitative estimate of drug-likeness (QED) is 0.758. The van der Waals surface area contributed by atoms with E-state index in [0.717, 1.165) is 10.5 Å². The molecule has 0 saturated carbocycles. The summed E-state index contributed by atoms with van der Waals surface area (Å²) in [5, 5.41) is 5.17. The lowest BCUT2D eigenvalue weighted by Gasteiger charge is -2.12. The molecule has 1 aliphatic heterocycles. The van der Waals surface area contributed by atoms with E-state index in [-0.39, 0.29) is 18.4 Å². The van der Waals surface area contributed by atoms with Crippen molar-refractivity contribution >= 4 is 17.8 Å². The monoisotopic (exact) mass is 275 g/mol. The molecular formula is C14H17N3O3. The molecular weight excluding hydrogens is 258 g/mol. The van der Waals surface area contributed by atoms with Crippen molar-refractivity contribution in [1.29, 1.82) is 0 Å². The summed E-state index contributed by atoms with van der Waals surface area (Å²) in [6.07, 6.45) is 0.428. The first-order valence-electron chi connectivity index (χ1n) is 6.54. The highest BCUT2D eigenvalue weighted by molar-refractivity contribution is 6.06. The van der Waals surface area contributed by atoms with Crippen molar-refractivity contribution in [3.05, 3.63) is 35.9 Å². The van der Waals surface area contributed by atoms with Crippen molar-refractivity contribution in [2.45, 2.75) is 19.4 Å². The number of imide groups is 1. The maximum Gasteiger partial charge on any atom is 0.325 e. The standard InChI is InChI=1S/C14H17N3O3/c1-2-15-12(18)9-17-13(19)11(16-14(17)20)8-10-6-4-3-5-7-10/h3-7,11H,2,8-9H2,1H3,(H,15,18)(H,16,20). The molecule has 6 nitrogen and oxygen atoms in total. The molecule has 4 amide bonds. The number of amides is 4. The van der Waals surface area contributed by atoms with E-state index in [2.05, 4.69) is 10.6 Å². The number of rotatable bonds is 5. The van der Waals surface area contributed by atoms with Gasteiger partial charge in [-0.05, 0) is 12.5 Å². The van der Waals surface area contributed by atoms with Crippen LogP contribution in [0, 0.1) is 0 Å². The van der Waals surface area contributed by atoms with Crippen molar-refractivity contribution < 1.29 is 14.4 Å². The first-order chi connectivity index (χ1) is 9.61. The molecule has 106 valence electrons. The highest BCUT2D eigenvalue weighted by Gasteiger charge is 2.38. The van der Waals surface area contributed by atoms with E-state index in [0.29, 0.717) is 13.0 Å². The van der Waals surface area contributed by atoms with Gasteiger partial charge in [0.05, 0.1) is 0 Å². The number of nitrogens with zero attached hydrogens (tertiary/aromatic N) is 1. The SMILES string of the molecule is CCNC(=O)CN1C(=O)NC(Cc2ccccc2)C1=O. The van der Waals surface area contributed by atoms with E-state index >= 15 is 0 Å². The molecule has 1 unspecified atom stereocenters. The Hall–Kier alpha value is -2.37. The summed E-state index contributed by atoms with van der Waals surface area (Å²) in [5.41, 5.74) is 0.964. The second-order valence-electron chi connectivity index (χ2n) is 4.57. The van der Waals surface area contributed by atoms with Crippen LogP contribution in [-0.4, -0.2) is 41.9 Å². The van der Waals surface area contributed by atoms with Gasteiger partial charge in [-0.15, -0.1) is 0 Å². The zero-order valence-corrected chi connectivity index (χ0v) is 11.3. The maximum atomic E-state index is 12.1. The Balaban J connectivity index is 2.00. The van der Waals surface area contributed by atoms with Crippen LogP contribution in [0.1, 0.15) is 12.5 Å². The predicted octanol–water partition coefficient (Wildman–Crippen LogP) is 0.286. The van der Waals surface area contributed by atoms with Gasteiger partial charge in [-0.3, -0.25) is 14.5 Å². The van der Waals surface area contributed by atoms with Gasteiger partial charge in [-0.25, -0.2) is 4.79 Å². The van der Waals surface area contributed by atoms with E-state index in [9.17, 15) is 14.4 Å². The number of hydrogen-bond donors (Lipinski definition) is 2. The van der Waals surface area contributed by atoms with E-state index in [4.69, 9.17) is 0 Å². The van der Waals surface area contributed by atoms with Gasteiger partial charge in [-0.1, -0.05) is 30.3 Å². The molecule has 20 heavy (non-hydrogen) atoms. The van der Waals surface area contributed by atoms with Crippen LogP contribution in [-0.2, 0) is 16.0 Å². The molecule has 0 bridgehead atoms. The van der Waals surface area contributed by atoms with Crippen molar-refractivity contribution in [2.24, 2.45) is 0 Å². The Kier molecular flexibility index (Phi) is 4.34. The van der Waals surface area contributed by atoms with Crippen LogP contribution in [0.4, 0.5) is 4.79 Å². The summed E-state index contributed by atoms with van der Waals surface area (Å²) < 4.78 is 0. The van der Waals surface area contributed by atoms with E-state index in [1.807, 2.05) is 30.3 Å². The van der Waals surface area contributed by atoms with Crippen LogP contribution in [0.25, 0.3) is 0 Å². The molecule has 0 aliphatic carbocycles. The van der Waals surface area contributed by atoms with Crippen molar-refractivity contribution in [2.75, 3.05) is 13.1 Å². The lowest BCUT2D eigenvalue weighted by molar-refractivity contribution is -0.132. The normalized spacial score (nSPS) is 18.1. The second-order valence-corrected chi connectivity index (χ2v) is 4.57. The Labute approximate surface area is 117 Å². The molecule has 2 rings (SSSR count). The Bertz CT molecular complexity index is 516. The van der Waals surface area contributed by atoms with Gasteiger partial charge >= 0.3 is 6.03 Å². The lowest BCUT2D eigenvalue weighted by atomic mass is 10.1. The van der Waals surface area contributed by atoms with Gasteiger partial charge in [0.2, 0.25) is 5.91 Å². The number of benzene rings is 1. The average molecular weight is 275 g/mol. The molecule has 1 heterocycles. The molecule has 1 atom stereocenters. The highest BCUT2D eigenvalue weighted by atomic mass is 16.2. The van der Waals surface area contributed by atoms with E-state index < -0.39 is 12.1 Å². The summed E-state index contributed by atoms with van der Waals surface area (Å²) in [5.74, 6) is -0.693. The van der Waals surface area contributed by atoms with Crippen molar-refractivity contribution in [3.8, 4) is 0 Å². The predicted molar refractivity (Wildman–Crippen MR) is 72.9 cm³/mol. The molecule has 2 N–H and O–H groups in total. The summed E-state index contributed by atoms with van der Waals surface area (Å²) in [6.45, 7) is 2.02. The lowest BCUT2D eigenvalue weighted by Crippen LogP contribution is -2.41. The molecule has 0 aromatic heterocycles. The molecule has 1 aromatic rings. The van der Waals surface area contributed by atoms with Gasteiger partial charge in [0.1, 0.15) is 12.6 Å². The zero-order chi connectivity index (χ0) is 14.5. The minimum Gasteiger partial charge on any atom is -0.355 e. The Morgan fingerprint density at radius 2 is 2.00 bits per heavy atom.